The van der Waals surface area contributed by atoms with Gasteiger partial charge in [0.25, 0.3) is 0 Å². The Hall–Kier alpha value is -2.11. The summed E-state index contributed by atoms with van der Waals surface area (Å²) in [5, 5.41) is 9.50. The molecule has 1 fully saturated rings. The van der Waals surface area contributed by atoms with Crippen LogP contribution in [-0.4, -0.2) is 46.1 Å². The number of rotatable bonds is 5. The number of carboxylic acids is 1. The van der Waals surface area contributed by atoms with Crippen LogP contribution in [0.15, 0.2) is 42.6 Å². The molecular formula is C20H24ClN3O2. The van der Waals surface area contributed by atoms with Crippen LogP contribution in [0.4, 0.5) is 5.69 Å². The highest BCUT2D eigenvalue weighted by Gasteiger charge is 2.29. The van der Waals surface area contributed by atoms with Gasteiger partial charge in [-0.3, -0.25) is 9.69 Å². The van der Waals surface area contributed by atoms with Gasteiger partial charge in [-0.15, -0.1) is 0 Å². The molecule has 1 N–H and O–H groups in total. The number of aromatic nitrogens is 1. The summed E-state index contributed by atoms with van der Waals surface area (Å²) in [4.78, 5) is 19.9. The van der Waals surface area contributed by atoms with Crippen molar-refractivity contribution in [2.24, 2.45) is 0 Å². The van der Waals surface area contributed by atoms with Gasteiger partial charge in [-0.2, -0.15) is 0 Å². The molecule has 0 spiro atoms. The average molecular weight is 374 g/mol. The van der Waals surface area contributed by atoms with E-state index in [4.69, 9.17) is 16.7 Å². The molecule has 0 saturated carbocycles. The summed E-state index contributed by atoms with van der Waals surface area (Å²) >= 11 is 5.89. The number of nitrogens with zero attached hydrogens (tertiary/aromatic N) is 3. The van der Waals surface area contributed by atoms with Crippen molar-refractivity contribution in [1.29, 1.82) is 0 Å². The maximum Gasteiger partial charge on any atom is 0.307 e. The van der Waals surface area contributed by atoms with Gasteiger partial charge in [-0.1, -0.05) is 35.9 Å². The van der Waals surface area contributed by atoms with E-state index in [2.05, 4.69) is 34.7 Å². The molecule has 1 aromatic heterocycles. The summed E-state index contributed by atoms with van der Waals surface area (Å²) in [6.07, 6.45) is 1.89. The van der Waals surface area contributed by atoms with E-state index in [9.17, 15) is 4.79 Å². The van der Waals surface area contributed by atoms with Crippen LogP contribution >= 0.6 is 11.6 Å². The molecule has 3 rings (SSSR count). The van der Waals surface area contributed by atoms with E-state index in [-0.39, 0.29) is 6.42 Å². The maximum atomic E-state index is 10.9. The highest BCUT2D eigenvalue weighted by molar-refractivity contribution is 6.29. The minimum absolute atomic E-state index is 0.0658. The Morgan fingerprint density at radius 1 is 1.19 bits per heavy atom. The highest BCUT2D eigenvalue weighted by atomic mass is 35.5. The van der Waals surface area contributed by atoms with Crippen molar-refractivity contribution in [3.8, 4) is 0 Å². The summed E-state index contributed by atoms with van der Waals surface area (Å²) < 4.78 is 0. The van der Waals surface area contributed by atoms with E-state index in [1.54, 1.807) is 0 Å². The van der Waals surface area contributed by atoms with E-state index in [0.29, 0.717) is 17.2 Å². The number of benzene rings is 1. The normalized spacial score (nSPS) is 21.0. The first-order chi connectivity index (χ1) is 12.4. The number of hydrogen-bond acceptors (Lipinski definition) is 4. The van der Waals surface area contributed by atoms with Crippen molar-refractivity contribution in [3.63, 3.8) is 0 Å². The van der Waals surface area contributed by atoms with Crippen molar-refractivity contribution < 1.29 is 9.90 Å². The Morgan fingerprint density at radius 2 is 1.88 bits per heavy atom. The second-order valence-electron chi connectivity index (χ2n) is 7.00. The van der Waals surface area contributed by atoms with Crippen LogP contribution in [0.25, 0.3) is 0 Å². The topological polar surface area (TPSA) is 56.7 Å². The molecule has 0 bridgehead atoms. The molecule has 0 amide bonds. The van der Waals surface area contributed by atoms with Crippen molar-refractivity contribution >= 4 is 23.3 Å². The van der Waals surface area contributed by atoms with Crippen LogP contribution in [0.1, 0.15) is 25.0 Å². The Labute approximate surface area is 159 Å². The molecule has 138 valence electrons. The van der Waals surface area contributed by atoms with Gasteiger partial charge in [0.15, 0.2) is 0 Å². The van der Waals surface area contributed by atoms with Crippen molar-refractivity contribution in [3.05, 3.63) is 58.9 Å². The van der Waals surface area contributed by atoms with Crippen LogP contribution < -0.4 is 4.90 Å². The molecule has 1 unspecified atom stereocenters. The second-order valence-corrected chi connectivity index (χ2v) is 7.39. The van der Waals surface area contributed by atoms with Gasteiger partial charge in [0.2, 0.25) is 0 Å². The van der Waals surface area contributed by atoms with Gasteiger partial charge in [0, 0.05) is 31.7 Å². The maximum absolute atomic E-state index is 10.9. The average Bonchev–Trinajstić information content (AvgIpc) is 2.58. The fourth-order valence-corrected chi connectivity index (χ4v) is 3.77. The van der Waals surface area contributed by atoms with E-state index in [0.717, 1.165) is 36.4 Å². The lowest BCUT2D eigenvalue weighted by molar-refractivity contribution is -0.136. The summed E-state index contributed by atoms with van der Waals surface area (Å²) in [5.74, 6) is -0.797. The molecule has 26 heavy (non-hydrogen) atoms. The third kappa shape index (κ3) is 4.54. The smallest absolute Gasteiger partial charge is 0.307 e. The molecule has 1 aliphatic rings. The standard InChI is InChI=1S/C20H24ClN3O2/c1-14-11-23(18-6-7-19(21)22-10-18)12-15(2)24(14)13-17-5-3-4-16(8-17)9-20(25)26/h3-8,10,14-15H,9,11-13H2,1-2H3,(H,25,26)/t14-,15?/m0/s1. The van der Waals surface area contributed by atoms with Crippen LogP contribution in [0, 0.1) is 0 Å². The largest absolute Gasteiger partial charge is 0.481 e. The molecule has 1 aliphatic heterocycles. The summed E-state index contributed by atoms with van der Waals surface area (Å²) in [6.45, 7) is 7.12. The molecular weight excluding hydrogens is 350 g/mol. The minimum Gasteiger partial charge on any atom is -0.481 e. The number of halogens is 1. The van der Waals surface area contributed by atoms with Crippen molar-refractivity contribution in [2.75, 3.05) is 18.0 Å². The monoisotopic (exact) mass is 373 g/mol. The summed E-state index contributed by atoms with van der Waals surface area (Å²) in [6, 6.07) is 12.5. The predicted octanol–water partition coefficient (Wildman–Crippen LogP) is 3.46. The minimum atomic E-state index is -0.797. The fourth-order valence-electron chi connectivity index (χ4n) is 3.66. The number of anilines is 1. The van der Waals surface area contributed by atoms with E-state index >= 15 is 0 Å². The van der Waals surface area contributed by atoms with Gasteiger partial charge in [-0.25, -0.2) is 4.98 Å². The van der Waals surface area contributed by atoms with Crippen molar-refractivity contribution in [1.82, 2.24) is 9.88 Å². The van der Waals surface area contributed by atoms with Crippen molar-refractivity contribution in [2.45, 2.75) is 38.9 Å². The number of pyridine rings is 1. The zero-order chi connectivity index (χ0) is 18.7. The number of piperazine rings is 1. The SMILES string of the molecule is CC1CN(c2ccc(Cl)nc2)C[C@H](C)N1Cc1cccc(CC(=O)O)c1. The lowest BCUT2D eigenvalue weighted by atomic mass is 10.0. The number of hydrogen-bond donors (Lipinski definition) is 1. The Balaban J connectivity index is 1.68. The number of carbonyl (C=O) groups is 1. The summed E-state index contributed by atoms with van der Waals surface area (Å²) in [7, 11) is 0. The molecule has 2 heterocycles. The highest BCUT2D eigenvalue weighted by Crippen LogP contribution is 2.24. The Kier molecular flexibility index (Phi) is 5.79. The van der Waals surface area contributed by atoms with Gasteiger partial charge >= 0.3 is 5.97 Å². The molecule has 1 aromatic carbocycles. The Morgan fingerprint density at radius 3 is 2.50 bits per heavy atom. The molecule has 2 atom stereocenters. The van der Waals surface area contributed by atoms with Gasteiger partial charge in [-0.05, 0) is 37.1 Å². The van der Waals surface area contributed by atoms with E-state index < -0.39 is 5.97 Å². The van der Waals surface area contributed by atoms with E-state index in [1.807, 2.05) is 36.5 Å². The lowest BCUT2D eigenvalue weighted by Crippen LogP contribution is -2.56. The van der Waals surface area contributed by atoms with Gasteiger partial charge in [0.05, 0.1) is 18.3 Å². The van der Waals surface area contributed by atoms with Gasteiger partial charge < -0.3 is 10.0 Å². The zero-order valence-electron chi connectivity index (χ0n) is 15.1. The molecule has 6 heteroatoms. The third-order valence-corrected chi connectivity index (χ3v) is 5.11. The first-order valence-electron chi connectivity index (χ1n) is 8.84. The molecule has 5 nitrogen and oxygen atoms in total. The fraction of sp³-hybridized carbons (Fsp3) is 0.400. The number of aliphatic carboxylic acids is 1. The summed E-state index contributed by atoms with van der Waals surface area (Å²) in [5.41, 5.74) is 3.10. The number of carboxylic acid groups (broad SMARTS) is 1. The van der Waals surface area contributed by atoms with Gasteiger partial charge in [0.1, 0.15) is 5.15 Å². The third-order valence-electron chi connectivity index (χ3n) is 4.89. The molecule has 0 radical (unpaired) electrons. The van der Waals surface area contributed by atoms with Crippen LogP contribution in [0.2, 0.25) is 5.15 Å². The molecule has 2 aromatic rings. The van der Waals surface area contributed by atoms with Crippen LogP contribution in [0.5, 0.6) is 0 Å². The van der Waals surface area contributed by atoms with Crippen LogP contribution in [0.3, 0.4) is 0 Å². The second kappa shape index (κ2) is 8.06. The van der Waals surface area contributed by atoms with Crippen LogP contribution in [-0.2, 0) is 17.8 Å². The quantitative estimate of drug-likeness (QED) is 0.813. The molecule has 0 aliphatic carbocycles. The zero-order valence-corrected chi connectivity index (χ0v) is 15.9. The Bertz CT molecular complexity index is 754. The first-order valence-corrected chi connectivity index (χ1v) is 9.22. The first kappa shape index (κ1) is 18.7. The van der Waals surface area contributed by atoms with E-state index in [1.165, 1.54) is 0 Å². The molecule has 1 saturated heterocycles. The lowest BCUT2D eigenvalue weighted by Gasteiger charge is -2.45. The predicted molar refractivity (Wildman–Crippen MR) is 104 cm³/mol.